The van der Waals surface area contributed by atoms with Crippen molar-refractivity contribution in [1.82, 2.24) is 9.88 Å². The third-order valence-electron chi connectivity index (χ3n) is 4.95. The van der Waals surface area contributed by atoms with E-state index in [-0.39, 0.29) is 30.6 Å². The second kappa shape index (κ2) is 10.7. The molecule has 0 atom stereocenters. The lowest BCUT2D eigenvalue weighted by molar-refractivity contribution is 0.0375. The predicted octanol–water partition coefficient (Wildman–Crippen LogP) is 5.15. The number of rotatable bonds is 5. The molecule has 0 unspecified atom stereocenters. The van der Waals surface area contributed by atoms with Crippen molar-refractivity contribution in [2.75, 3.05) is 32.8 Å². The van der Waals surface area contributed by atoms with Crippen molar-refractivity contribution in [3.8, 4) is 11.1 Å². The first-order chi connectivity index (χ1) is 12.8. The van der Waals surface area contributed by atoms with Gasteiger partial charge in [0.25, 0.3) is 0 Å². The molecular weight excluding hydrogens is 398 g/mol. The van der Waals surface area contributed by atoms with E-state index in [1.54, 1.807) is 12.1 Å². The van der Waals surface area contributed by atoms with Crippen LogP contribution in [0.3, 0.4) is 0 Å². The zero-order chi connectivity index (χ0) is 17.8. The van der Waals surface area contributed by atoms with Gasteiger partial charge in [0.2, 0.25) is 0 Å². The molecule has 2 aromatic carbocycles. The molecule has 1 aromatic heterocycles. The number of ether oxygens (including phenoxy) is 1. The lowest BCUT2D eigenvalue weighted by atomic mass is 10.0. The maximum atomic E-state index is 13.4. The van der Waals surface area contributed by atoms with Gasteiger partial charge in [0.15, 0.2) is 0 Å². The van der Waals surface area contributed by atoms with Crippen LogP contribution >= 0.6 is 24.8 Å². The molecule has 150 valence electrons. The average molecular weight is 423 g/mol. The van der Waals surface area contributed by atoms with Crippen LogP contribution in [0.4, 0.5) is 4.39 Å². The van der Waals surface area contributed by atoms with Crippen LogP contribution in [0, 0.1) is 5.82 Å². The van der Waals surface area contributed by atoms with Gasteiger partial charge in [-0.3, -0.25) is 9.88 Å². The highest BCUT2D eigenvalue weighted by molar-refractivity contribution is 5.86. The van der Waals surface area contributed by atoms with Crippen molar-refractivity contribution in [3.05, 3.63) is 66.1 Å². The summed E-state index contributed by atoms with van der Waals surface area (Å²) in [4.78, 5) is 7.06. The minimum Gasteiger partial charge on any atom is -0.379 e. The number of aryl methyl sites for hydroxylation is 1. The van der Waals surface area contributed by atoms with Gasteiger partial charge in [-0.2, -0.15) is 0 Å². The van der Waals surface area contributed by atoms with Crippen LogP contribution in [0.25, 0.3) is 22.0 Å². The first kappa shape index (κ1) is 22.6. The largest absolute Gasteiger partial charge is 0.379 e. The Morgan fingerprint density at radius 1 is 0.964 bits per heavy atom. The molecule has 3 nitrogen and oxygen atoms in total. The van der Waals surface area contributed by atoms with Crippen molar-refractivity contribution in [2.45, 2.75) is 12.8 Å². The zero-order valence-electron chi connectivity index (χ0n) is 15.6. The van der Waals surface area contributed by atoms with Gasteiger partial charge in [-0.25, -0.2) is 4.39 Å². The topological polar surface area (TPSA) is 25.4 Å². The van der Waals surface area contributed by atoms with Crippen LogP contribution in [0.2, 0.25) is 0 Å². The number of halogens is 3. The Kier molecular flexibility index (Phi) is 8.64. The average Bonchev–Trinajstić information content (AvgIpc) is 2.68. The molecule has 2 heterocycles. The fourth-order valence-corrected chi connectivity index (χ4v) is 3.48. The SMILES string of the molecule is Cl.Cl.Fc1cccc(-c2cnc3cc(CCCN4CCOCC4)ccc3c2)c1. The second-order valence-corrected chi connectivity index (χ2v) is 6.82. The van der Waals surface area contributed by atoms with Crippen LogP contribution in [-0.4, -0.2) is 42.7 Å². The predicted molar refractivity (Wildman–Crippen MR) is 117 cm³/mol. The van der Waals surface area contributed by atoms with Gasteiger partial charge >= 0.3 is 0 Å². The number of nitrogens with zero attached hydrogens (tertiary/aromatic N) is 2. The zero-order valence-corrected chi connectivity index (χ0v) is 17.3. The Morgan fingerprint density at radius 2 is 1.79 bits per heavy atom. The van der Waals surface area contributed by atoms with E-state index in [2.05, 4.69) is 34.1 Å². The Bertz CT molecular complexity index is 901. The summed E-state index contributed by atoms with van der Waals surface area (Å²) < 4.78 is 18.8. The van der Waals surface area contributed by atoms with Crippen LogP contribution in [0.5, 0.6) is 0 Å². The number of hydrogen-bond acceptors (Lipinski definition) is 3. The summed E-state index contributed by atoms with van der Waals surface area (Å²) in [5.41, 5.74) is 4.11. The fourth-order valence-electron chi connectivity index (χ4n) is 3.48. The maximum absolute atomic E-state index is 13.4. The molecule has 0 saturated carbocycles. The smallest absolute Gasteiger partial charge is 0.123 e. The van der Waals surface area contributed by atoms with E-state index in [0.29, 0.717) is 0 Å². The van der Waals surface area contributed by atoms with Gasteiger partial charge in [-0.15, -0.1) is 24.8 Å². The van der Waals surface area contributed by atoms with Crippen molar-refractivity contribution < 1.29 is 9.13 Å². The molecular formula is C22H25Cl2FN2O. The molecule has 0 amide bonds. The molecule has 3 aromatic rings. The van der Waals surface area contributed by atoms with Gasteiger partial charge in [0.1, 0.15) is 5.82 Å². The van der Waals surface area contributed by atoms with Gasteiger partial charge in [-0.1, -0.05) is 24.3 Å². The number of benzene rings is 2. The van der Waals surface area contributed by atoms with Crippen LogP contribution in [0.15, 0.2) is 54.7 Å². The summed E-state index contributed by atoms with van der Waals surface area (Å²) in [6, 6.07) is 15.2. The third kappa shape index (κ3) is 5.65. The van der Waals surface area contributed by atoms with Gasteiger partial charge in [0, 0.05) is 30.2 Å². The number of fused-ring (bicyclic) bond motifs is 1. The molecule has 1 saturated heterocycles. The molecule has 0 spiro atoms. The summed E-state index contributed by atoms with van der Waals surface area (Å²) in [6.45, 7) is 4.92. The molecule has 28 heavy (non-hydrogen) atoms. The van der Waals surface area contributed by atoms with Crippen molar-refractivity contribution >= 4 is 35.7 Å². The lowest BCUT2D eigenvalue weighted by Gasteiger charge is -2.26. The van der Waals surface area contributed by atoms with Crippen LogP contribution in [-0.2, 0) is 11.2 Å². The van der Waals surface area contributed by atoms with E-state index in [1.807, 2.05) is 12.3 Å². The Morgan fingerprint density at radius 3 is 2.57 bits per heavy atom. The van der Waals surface area contributed by atoms with Gasteiger partial charge in [-0.05, 0) is 54.8 Å². The summed E-state index contributed by atoms with van der Waals surface area (Å²) >= 11 is 0. The Labute approximate surface area is 177 Å². The van der Waals surface area contributed by atoms with E-state index in [9.17, 15) is 4.39 Å². The Hall–Kier alpha value is -1.72. The summed E-state index contributed by atoms with van der Waals surface area (Å²) in [5.74, 6) is -0.224. The third-order valence-corrected chi connectivity index (χ3v) is 4.95. The first-order valence-electron chi connectivity index (χ1n) is 9.23. The molecule has 1 aliphatic heterocycles. The number of hydrogen-bond donors (Lipinski definition) is 0. The summed E-state index contributed by atoms with van der Waals surface area (Å²) in [5, 5.41) is 1.09. The first-order valence-corrected chi connectivity index (χ1v) is 9.23. The molecule has 4 rings (SSSR count). The molecule has 1 aliphatic rings. The van der Waals surface area contributed by atoms with Crippen molar-refractivity contribution in [1.29, 1.82) is 0 Å². The van der Waals surface area contributed by atoms with E-state index in [0.717, 1.165) is 67.7 Å². The number of pyridine rings is 1. The molecule has 1 fully saturated rings. The highest BCUT2D eigenvalue weighted by Crippen LogP contribution is 2.24. The van der Waals surface area contributed by atoms with Crippen LogP contribution < -0.4 is 0 Å². The quantitative estimate of drug-likeness (QED) is 0.568. The fraction of sp³-hybridized carbons (Fsp3) is 0.318. The highest BCUT2D eigenvalue weighted by atomic mass is 35.5. The number of morpholine rings is 1. The molecule has 0 radical (unpaired) electrons. The monoisotopic (exact) mass is 422 g/mol. The summed E-state index contributed by atoms with van der Waals surface area (Å²) in [7, 11) is 0. The van der Waals surface area contributed by atoms with E-state index in [4.69, 9.17) is 4.74 Å². The Balaban J connectivity index is 0.00000140. The van der Waals surface area contributed by atoms with Crippen molar-refractivity contribution in [3.63, 3.8) is 0 Å². The molecule has 0 N–H and O–H groups in total. The van der Waals surface area contributed by atoms with E-state index in [1.165, 1.54) is 11.6 Å². The highest BCUT2D eigenvalue weighted by Gasteiger charge is 2.09. The minimum absolute atomic E-state index is 0. The maximum Gasteiger partial charge on any atom is 0.123 e. The number of aromatic nitrogens is 1. The molecule has 0 aliphatic carbocycles. The second-order valence-electron chi connectivity index (χ2n) is 6.82. The normalized spacial score (nSPS) is 14.3. The van der Waals surface area contributed by atoms with Crippen LogP contribution in [0.1, 0.15) is 12.0 Å². The van der Waals surface area contributed by atoms with Crippen molar-refractivity contribution in [2.24, 2.45) is 0 Å². The lowest BCUT2D eigenvalue weighted by Crippen LogP contribution is -2.36. The molecule has 6 heteroatoms. The molecule has 0 bridgehead atoms. The van der Waals surface area contributed by atoms with E-state index >= 15 is 0 Å². The summed E-state index contributed by atoms with van der Waals surface area (Å²) in [6.07, 6.45) is 4.03. The minimum atomic E-state index is -0.224. The van der Waals surface area contributed by atoms with Gasteiger partial charge in [0.05, 0.1) is 18.7 Å². The van der Waals surface area contributed by atoms with E-state index < -0.39 is 0 Å². The van der Waals surface area contributed by atoms with Gasteiger partial charge < -0.3 is 4.74 Å². The standard InChI is InChI=1S/C22H23FN2O.2ClH/c23-21-5-1-4-18(15-21)20-14-19-7-6-17(13-22(19)24-16-20)3-2-8-25-9-11-26-12-10-25;;/h1,4-7,13-16H,2-3,8-12H2;2*1H.